The molecule has 0 aliphatic rings. The Kier molecular flexibility index (Phi) is 5.89. The van der Waals surface area contributed by atoms with E-state index in [1.165, 1.54) is 41.1 Å². The summed E-state index contributed by atoms with van der Waals surface area (Å²) in [6.07, 6.45) is 0. The number of anilines is 2. The Morgan fingerprint density at radius 1 is 1.00 bits per heavy atom. The number of primary sulfonamides is 1. The van der Waals surface area contributed by atoms with Crippen LogP contribution < -0.4 is 21.9 Å². The van der Waals surface area contributed by atoms with Gasteiger partial charge in [-0.2, -0.15) is 5.10 Å². The van der Waals surface area contributed by atoms with Gasteiger partial charge in [0.25, 0.3) is 11.8 Å². The summed E-state index contributed by atoms with van der Waals surface area (Å²) in [5, 5.41) is 16.0. The average Bonchev–Trinajstić information content (AvgIpc) is 3.48. The Hall–Kier alpha value is -5.08. The highest BCUT2D eigenvalue weighted by molar-refractivity contribution is 7.89. The van der Waals surface area contributed by atoms with Crippen molar-refractivity contribution in [2.75, 3.05) is 11.1 Å². The maximum Gasteiger partial charge on any atom is 0.274 e. The van der Waals surface area contributed by atoms with Gasteiger partial charge >= 0.3 is 0 Å². The van der Waals surface area contributed by atoms with E-state index in [1.807, 2.05) is 0 Å². The van der Waals surface area contributed by atoms with Crippen LogP contribution in [-0.4, -0.2) is 35.2 Å². The summed E-state index contributed by atoms with van der Waals surface area (Å²) in [5.41, 5.74) is 11.8. The summed E-state index contributed by atoms with van der Waals surface area (Å²) in [6.45, 7) is 0. The van der Waals surface area contributed by atoms with Crippen molar-refractivity contribution in [1.29, 1.82) is 0 Å². The first-order valence-electron chi connectivity index (χ1n) is 10.8. The fourth-order valence-electron chi connectivity index (χ4n) is 3.88. The summed E-state index contributed by atoms with van der Waals surface area (Å²) in [7, 11) is -4.11. The van der Waals surface area contributed by atoms with E-state index in [2.05, 4.69) is 15.6 Å². The maximum atomic E-state index is 15.1. The first-order chi connectivity index (χ1) is 18.0. The first-order valence-corrected chi connectivity index (χ1v) is 12.4. The second-order valence-corrected chi connectivity index (χ2v) is 9.66. The van der Waals surface area contributed by atoms with Crippen LogP contribution in [0.3, 0.4) is 0 Å². The molecule has 0 saturated heterocycles. The average molecular weight is 536 g/mol. The van der Waals surface area contributed by atoms with Gasteiger partial charge in [-0.25, -0.2) is 22.6 Å². The lowest BCUT2D eigenvalue weighted by molar-refractivity contribution is 0.0993. The molecule has 0 fully saturated rings. The van der Waals surface area contributed by atoms with Crippen molar-refractivity contribution in [3.63, 3.8) is 0 Å². The van der Waals surface area contributed by atoms with Crippen LogP contribution in [0, 0.1) is 5.82 Å². The smallest absolute Gasteiger partial charge is 0.274 e. The lowest BCUT2D eigenvalue weighted by Gasteiger charge is -2.12. The highest BCUT2D eigenvalue weighted by Gasteiger charge is 2.22. The molecule has 2 aromatic heterocycles. The van der Waals surface area contributed by atoms with Gasteiger partial charge in [-0.05, 0) is 42.5 Å². The van der Waals surface area contributed by atoms with Crippen molar-refractivity contribution in [3.05, 3.63) is 83.9 Å². The van der Waals surface area contributed by atoms with Gasteiger partial charge in [-0.1, -0.05) is 23.4 Å². The summed E-state index contributed by atoms with van der Waals surface area (Å²) >= 11 is 0. The van der Waals surface area contributed by atoms with E-state index in [0.717, 1.165) is 6.07 Å². The molecule has 2 amide bonds. The lowest BCUT2D eigenvalue weighted by atomic mass is 10.0. The fraction of sp³-hybridized carbons (Fsp3) is 0. The number of hydrogen-bond donors (Lipinski definition) is 4. The van der Waals surface area contributed by atoms with Crippen LogP contribution in [0.5, 0.6) is 0 Å². The third-order valence-electron chi connectivity index (χ3n) is 5.63. The van der Waals surface area contributed by atoms with E-state index in [0.29, 0.717) is 16.7 Å². The number of rotatable bonds is 6. The van der Waals surface area contributed by atoms with E-state index >= 15 is 4.39 Å². The Morgan fingerprint density at radius 3 is 2.47 bits per heavy atom. The number of nitrogens with two attached hydrogens (primary N) is 3. The normalized spacial score (nSPS) is 11.5. The van der Waals surface area contributed by atoms with Gasteiger partial charge in [-0.3, -0.25) is 9.59 Å². The molecule has 0 aliphatic heterocycles. The predicted octanol–water partition coefficient (Wildman–Crippen LogP) is 2.40. The molecule has 3 aromatic carbocycles. The number of primary amides is 1. The molecule has 0 aliphatic carbocycles. The van der Waals surface area contributed by atoms with Gasteiger partial charge in [0.2, 0.25) is 10.0 Å². The van der Waals surface area contributed by atoms with Crippen LogP contribution in [0.4, 0.5) is 15.9 Å². The molecule has 2 heterocycles. The summed E-state index contributed by atoms with van der Waals surface area (Å²) < 4.78 is 45.2. The molecule has 0 radical (unpaired) electrons. The molecule has 0 unspecified atom stereocenters. The van der Waals surface area contributed by atoms with Crippen LogP contribution >= 0.6 is 0 Å². The van der Waals surface area contributed by atoms with Gasteiger partial charge in [-0.15, -0.1) is 0 Å². The van der Waals surface area contributed by atoms with Crippen LogP contribution in [-0.2, 0) is 10.0 Å². The fourth-order valence-corrected chi connectivity index (χ4v) is 4.63. The molecule has 0 spiro atoms. The maximum absolute atomic E-state index is 15.1. The van der Waals surface area contributed by atoms with Gasteiger partial charge in [0, 0.05) is 22.9 Å². The summed E-state index contributed by atoms with van der Waals surface area (Å²) in [5.74, 6) is -2.29. The largest absolute Gasteiger partial charge is 0.380 e. The third-order valence-corrected chi connectivity index (χ3v) is 6.60. The zero-order chi connectivity index (χ0) is 27.2. The molecule has 0 saturated carbocycles. The number of nitrogen functional groups attached to an aromatic ring is 1. The summed E-state index contributed by atoms with van der Waals surface area (Å²) in [4.78, 5) is 24.7. The first kappa shape index (κ1) is 24.6. The van der Waals surface area contributed by atoms with Gasteiger partial charge in [0.1, 0.15) is 11.5 Å². The second kappa shape index (κ2) is 9.10. The Balaban J connectivity index is 1.50. The molecule has 0 atom stereocenters. The van der Waals surface area contributed by atoms with E-state index in [4.69, 9.17) is 21.1 Å². The molecule has 7 N–H and O–H groups in total. The molecule has 5 aromatic rings. The molecule has 12 nitrogen and oxygen atoms in total. The number of aromatic nitrogens is 3. The highest BCUT2D eigenvalue weighted by atomic mass is 32.2. The Bertz CT molecular complexity index is 1860. The minimum atomic E-state index is -4.11. The van der Waals surface area contributed by atoms with E-state index < -0.39 is 27.7 Å². The van der Waals surface area contributed by atoms with Crippen molar-refractivity contribution >= 4 is 44.3 Å². The topological polar surface area (TPSA) is 202 Å². The standard InChI is InChI=1S/C24H18FN7O5S/c25-17-9-12(5-7-14(17)15-3-1-2-4-21(15)38(28,35)36)29-24(34)19-11-18(23(27)33)30-32(19)13-6-8-20-16(10-13)22(26)31-37-20/h1-11H,(H2,26,31)(H2,27,33)(H,29,34)(H2,28,35,36). The summed E-state index contributed by atoms with van der Waals surface area (Å²) in [6, 6.07) is 15.3. The van der Waals surface area contributed by atoms with Crippen molar-refractivity contribution < 1.29 is 26.9 Å². The minimum Gasteiger partial charge on any atom is -0.380 e. The van der Waals surface area contributed by atoms with Crippen molar-refractivity contribution in [2.24, 2.45) is 10.9 Å². The monoisotopic (exact) mass is 535 g/mol. The molecular weight excluding hydrogens is 517 g/mol. The highest BCUT2D eigenvalue weighted by Crippen LogP contribution is 2.31. The number of sulfonamides is 1. The van der Waals surface area contributed by atoms with Crippen LogP contribution in [0.15, 0.2) is 76.1 Å². The number of carbonyl (C=O) groups excluding carboxylic acids is 2. The number of nitrogens with one attached hydrogen (secondary N) is 1. The van der Waals surface area contributed by atoms with Crippen LogP contribution in [0.25, 0.3) is 27.8 Å². The number of carbonyl (C=O) groups is 2. The zero-order valence-electron chi connectivity index (χ0n) is 19.3. The number of hydrogen-bond acceptors (Lipinski definition) is 8. The van der Waals surface area contributed by atoms with Gasteiger partial charge < -0.3 is 21.3 Å². The van der Waals surface area contributed by atoms with Crippen molar-refractivity contribution in [1.82, 2.24) is 14.9 Å². The van der Waals surface area contributed by atoms with Crippen LogP contribution in [0.1, 0.15) is 21.0 Å². The molecule has 5 rings (SSSR count). The molecular formula is C24H18FN7O5S. The lowest BCUT2D eigenvalue weighted by Crippen LogP contribution is -2.17. The molecule has 0 bridgehead atoms. The number of benzene rings is 3. The number of amides is 2. The van der Waals surface area contributed by atoms with Crippen molar-refractivity contribution in [3.8, 4) is 16.8 Å². The quantitative estimate of drug-likeness (QED) is 0.254. The molecule has 38 heavy (non-hydrogen) atoms. The minimum absolute atomic E-state index is 0.0340. The molecule has 192 valence electrons. The second-order valence-electron chi connectivity index (χ2n) is 8.13. The predicted molar refractivity (Wildman–Crippen MR) is 135 cm³/mol. The van der Waals surface area contributed by atoms with E-state index in [-0.39, 0.29) is 38.9 Å². The third kappa shape index (κ3) is 4.44. The van der Waals surface area contributed by atoms with E-state index in [1.54, 1.807) is 24.3 Å². The Morgan fingerprint density at radius 2 is 1.76 bits per heavy atom. The van der Waals surface area contributed by atoms with Crippen LogP contribution in [0.2, 0.25) is 0 Å². The number of halogens is 1. The van der Waals surface area contributed by atoms with Gasteiger partial charge in [0.15, 0.2) is 17.1 Å². The zero-order valence-corrected chi connectivity index (χ0v) is 20.1. The number of nitrogens with zero attached hydrogens (tertiary/aromatic N) is 3. The molecule has 14 heteroatoms. The van der Waals surface area contributed by atoms with Crippen molar-refractivity contribution in [2.45, 2.75) is 4.90 Å². The van der Waals surface area contributed by atoms with Gasteiger partial charge in [0.05, 0.1) is 16.0 Å². The van der Waals surface area contributed by atoms with E-state index in [9.17, 15) is 18.0 Å². The SMILES string of the molecule is NC(=O)c1cc(C(=O)Nc2ccc(-c3ccccc3S(N)(=O)=O)c(F)c2)n(-c2ccc3onc(N)c3c2)n1. The number of fused-ring (bicyclic) bond motifs is 1. The Labute approximate surface area is 213 Å².